The van der Waals surface area contributed by atoms with Crippen LogP contribution in [0.4, 0.5) is 0 Å². The summed E-state index contributed by atoms with van der Waals surface area (Å²) in [6, 6.07) is 5.59. The SMILES string of the molecule is Cc1ccc2nc3c(c(C(=O)O)c2c1)CCC/C3=C/c1cnn(C2CCS(=O)(=O)C2)c1. The largest absolute Gasteiger partial charge is 0.478 e. The molecule has 1 aromatic carbocycles. The smallest absolute Gasteiger partial charge is 0.336 e. The van der Waals surface area contributed by atoms with Gasteiger partial charge in [-0.25, -0.2) is 18.2 Å². The molecule has 1 saturated heterocycles. The van der Waals surface area contributed by atoms with Crippen molar-refractivity contribution in [1.29, 1.82) is 0 Å². The second kappa shape index (κ2) is 7.30. The van der Waals surface area contributed by atoms with Gasteiger partial charge < -0.3 is 5.11 Å². The highest BCUT2D eigenvalue weighted by Crippen LogP contribution is 2.36. The van der Waals surface area contributed by atoms with Gasteiger partial charge in [-0.3, -0.25) is 4.68 Å². The summed E-state index contributed by atoms with van der Waals surface area (Å²) in [6.45, 7) is 1.95. The molecular formula is C23H23N3O4S. The van der Waals surface area contributed by atoms with Crippen molar-refractivity contribution in [2.75, 3.05) is 11.5 Å². The first-order valence-corrected chi connectivity index (χ1v) is 12.2. The molecule has 0 bridgehead atoms. The van der Waals surface area contributed by atoms with E-state index in [4.69, 9.17) is 4.98 Å². The molecule has 2 aromatic heterocycles. The normalized spacial score (nSPS) is 21.5. The molecule has 1 fully saturated rings. The lowest BCUT2D eigenvalue weighted by Crippen LogP contribution is -2.13. The summed E-state index contributed by atoms with van der Waals surface area (Å²) < 4.78 is 25.3. The molecule has 1 N–H and O–H groups in total. The number of carboxylic acids is 1. The minimum atomic E-state index is -2.98. The van der Waals surface area contributed by atoms with Crippen molar-refractivity contribution in [3.8, 4) is 0 Å². The molecule has 31 heavy (non-hydrogen) atoms. The van der Waals surface area contributed by atoms with Crippen LogP contribution in [0.5, 0.6) is 0 Å². The Bertz CT molecular complexity index is 1350. The number of carboxylic acid groups (broad SMARTS) is 1. The Morgan fingerprint density at radius 1 is 1.29 bits per heavy atom. The van der Waals surface area contributed by atoms with E-state index in [-0.39, 0.29) is 17.5 Å². The fourth-order valence-corrected chi connectivity index (χ4v) is 6.40. The highest BCUT2D eigenvalue weighted by Gasteiger charge is 2.30. The van der Waals surface area contributed by atoms with E-state index in [1.54, 1.807) is 10.9 Å². The third-order valence-electron chi connectivity index (χ3n) is 6.18. The van der Waals surface area contributed by atoms with E-state index in [0.29, 0.717) is 29.3 Å². The van der Waals surface area contributed by atoms with Crippen molar-refractivity contribution >= 4 is 38.4 Å². The van der Waals surface area contributed by atoms with Crippen LogP contribution in [-0.4, -0.2) is 45.8 Å². The van der Waals surface area contributed by atoms with Crippen LogP contribution in [0.3, 0.4) is 0 Å². The highest BCUT2D eigenvalue weighted by molar-refractivity contribution is 7.91. The molecule has 2 aliphatic rings. The zero-order valence-electron chi connectivity index (χ0n) is 17.2. The number of nitrogens with zero attached hydrogens (tertiary/aromatic N) is 3. The van der Waals surface area contributed by atoms with Crippen LogP contribution in [0, 0.1) is 6.92 Å². The van der Waals surface area contributed by atoms with E-state index in [2.05, 4.69) is 5.10 Å². The van der Waals surface area contributed by atoms with Crippen LogP contribution in [-0.2, 0) is 16.3 Å². The third-order valence-corrected chi connectivity index (χ3v) is 7.93. The Hall–Kier alpha value is -3.00. The molecule has 1 atom stereocenters. The van der Waals surface area contributed by atoms with E-state index in [0.717, 1.165) is 40.8 Å². The topological polar surface area (TPSA) is 102 Å². The summed E-state index contributed by atoms with van der Waals surface area (Å²) in [5.41, 5.74) is 5.43. The average Bonchev–Trinajstić information content (AvgIpc) is 3.32. The van der Waals surface area contributed by atoms with E-state index >= 15 is 0 Å². The third kappa shape index (κ3) is 3.65. The number of rotatable bonds is 3. The van der Waals surface area contributed by atoms with Crippen molar-refractivity contribution in [3.63, 3.8) is 0 Å². The van der Waals surface area contributed by atoms with Crippen LogP contribution in [0.15, 0.2) is 30.6 Å². The van der Waals surface area contributed by atoms with Gasteiger partial charge in [0.25, 0.3) is 0 Å². The Morgan fingerprint density at radius 2 is 2.13 bits per heavy atom. The Labute approximate surface area is 180 Å². The number of carbonyl (C=O) groups is 1. The number of aromatic nitrogens is 3. The summed E-state index contributed by atoms with van der Waals surface area (Å²) in [7, 11) is -2.98. The lowest BCUT2D eigenvalue weighted by atomic mass is 9.86. The molecule has 160 valence electrons. The minimum Gasteiger partial charge on any atom is -0.478 e. The number of allylic oxidation sites excluding steroid dienone is 1. The molecule has 0 spiro atoms. The van der Waals surface area contributed by atoms with Crippen LogP contribution >= 0.6 is 0 Å². The van der Waals surface area contributed by atoms with Crippen molar-refractivity contribution in [3.05, 3.63) is 58.5 Å². The first-order chi connectivity index (χ1) is 14.8. The number of pyridine rings is 1. The zero-order chi connectivity index (χ0) is 21.8. The van der Waals surface area contributed by atoms with Gasteiger partial charge in [0.1, 0.15) is 0 Å². The summed E-state index contributed by atoms with van der Waals surface area (Å²) in [4.78, 5) is 17.0. The summed E-state index contributed by atoms with van der Waals surface area (Å²) in [6.07, 6.45) is 8.53. The minimum absolute atomic E-state index is 0.125. The first-order valence-electron chi connectivity index (χ1n) is 10.4. The maximum absolute atomic E-state index is 12.2. The van der Waals surface area contributed by atoms with Crippen LogP contribution < -0.4 is 0 Å². The van der Waals surface area contributed by atoms with Crippen molar-refractivity contribution < 1.29 is 18.3 Å². The average molecular weight is 438 g/mol. The van der Waals surface area contributed by atoms with Gasteiger partial charge in [-0.2, -0.15) is 5.10 Å². The number of benzene rings is 1. The van der Waals surface area contributed by atoms with Gasteiger partial charge >= 0.3 is 5.97 Å². The van der Waals surface area contributed by atoms with Crippen molar-refractivity contribution in [2.45, 2.75) is 38.6 Å². The van der Waals surface area contributed by atoms with Crippen molar-refractivity contribution in [1.82, 2.24) is 14.8 Å². The van der Waals surface area contributed by atoms with Gasteiger partial charge in [0.05, 0.1) is 40.5 Å². The molecular weight excluding hydrogens is 414 g/mol. The summed E-state index contributed by atoms with van der Waals surface area (Å²) in [5, 5.41) is 15.0. The van der Waals surface area contributed by atoms with Gasteiger partial charge in [0.15, 0.2) is 9.84 Å². The van der Waals surface area contributed by atoms with Crippen molar-refractivity contribution in [2.24, 2.45) is 0 Å². The van der Waals surface area contributed by atoms with Gasteiger partial charge in [0.2, 0.25) is 0 Å². The molecule has 0 amide bonds. The maximum Gasteiger partial charge on any atom is 0.336 e. The molecule has 3 heterocycles. The van der Waals surface area contributed by atoms with E-state index < -0.39 is 15.8 Å². The zero-order valence-corrected chi connectivity index (χ0v) is 18.0. The summed E-state index contributed by atoms with van der Waals surface area (Å²) >= 11 is 0. The first kappa shape index (κ1) is 19.9. The lowest BCUT2D eigenvalue weighted by Gasteiger charge is -2.21. The number of fused-ring (bicyclic) bond motifs is 2. The van der Waals surface area contributed by atoms with Gasteiger partial charge in [-0.1, -0.05) is 11.6 Å². The van der Waals surface area contributed by atoms with Gasteiger partial charge in [0, 0.05) is 17.1 Å². The monoisotopic (exact) mass is 437 g/mol. The predicted molar refractivity (Wildman–Crippen MR) is 119 cm³/mol. The lowest BCUT2D eigenvalue weighted by molar-refractivity contribution is 0.0697. The standard InChI is InChI=1S/C23H23N3O4S/c1-14-5-6-20-19(9-14)21(23(27)28)18-4-2-3-16(22(18)25-20)10-15-11-24-26(12-15)17-7-8-31(29,30)13-17/h5-6,9-12,17H,2-4,7-8,13H2,1H3,(H,27,28)/b16-10-. The molecule has 1 unspecified atom stereocenters. The second-order valence-electron chi connectivity index (χ2n) is 8.47. The number of hydrogen-bond donors (Lipinski definition) is 1. The van der Waals surface area contributed by atoms with Gasteiger partial charge in [-0.05, 0) is 62.0 Å². The molecule has 0 saturated carbocycles. The molecule has 1 aliphatic heterocycles. The van der Waals surface area contributed by atoms with Gasteiger partial charge in [-0.15, -0.1) is 0 Å². The molecule has 8 heteroatoms. The molecule has 0 radical (unpaired) electrons. The fraction of sp³-hybridized carbons (Fsp3) is 0.348. The second-order valence-corrected chi connectivity index (χ2v) is 10.7. The van der Waals surface area contributed by atoms with E-state index in [9.17, 15) is 18.3 Å². The molecule has 7 nitrogen and oxygen atoms in total. The predicted octanol–water partition coefficient (Wildman–Crippen LogP) is 3.67. The molecule has 1 aliphatic carbocycles. The van der Waals surface area contributed by atoms with E-state index in [1.165, 1.54) is 0 Å². The highest BCUT2D eigenvalue weighted by atomic mass is 32.2. The Morgan fingerprint density at radius 3 is 2.87 bits per heavy atom. The Kier molecular flexibility index (Phi) is 4.69. The van der Waals surface area contributed by atoms with Crippen LogP contribution in [0.2, 0.25) is 0 Å². The number of hydrogen-bond acceptors (Lipinski definition) is 5. The molecule has 3 aromatic rings. The quantitative estimate of drug-likeness (QED) is 0.671. The summed E-state index contributed by atoms with van der Waals surface area (Å²) in [5.74, 6) is -0.594. The van der Waals surface area contributed by atoms with Crippen LogP contribution in [0.25, 0.3) is 22.6 Å². The maximum atomic E-state index is 12.2. The number of sulfone groups is 1. The number of aryl methyl sites for hydroxylation is 1. The Balaban J connectivity index is 1.58. The number of aromatic carboxylic acids is 1. The fourth-order valence-electron chi connectivity index (χ4n) is 4.70. The van der Waals surface area contributed by atoms with E-state index in [1.807, 2.05) is 37.4 Å². The van der Waals surface area contributed by atoms with Crippen LogP contribution in [0.1, 0.15) is 58.0 Å². The molecule has 5 rings (SSSR count).